The first-order chi connectivity index (χ1) is 18.0. The van der Waals surface area contributed by atoms with Crippen LogP contribution in [0.4, 0.5) is 27.5 Å². The number of nitrogens with one attached hydrogen (secondary N) is 1. The summed E-state index contributed by atoms with van der Waals surface area (Å²) in [4.78, 5) is 27.2. The maximum Gasteiger partial charge on any atom is 0.227 e. The average molecular weight is 518 g/mol. The third-order valence-corrected chi connectivity index (χ3v) is 7.18. The number of rotatable bonds is 5. The van der Waals surface area contributed by atoms with Crippen molar-refractivity contribution in [2.24, 2.45) is 0 Å². The monoisotopic (exact) mass is 517 g/mol. The minimum absolute atomic E-state index is 0.0185. The molecule has 1 aliphatic carbocycles. The molecule has 0 amide bonds. The molecule has 9 heteroatoms. The highest BCUT2D eigenvalue weighted by atomic mass is 35.5. The number of furan rings is 1. The van der Waals surface area contributed by atoms with E-state index >= 15 is 0 Å². The van der Waals surface area contributed by atoms with Crippen molar-refractivity contribution < 1.29 is 13.6 Å². The van der Waals surface area contributed by atoms with Gasteiger partial charge in [0.05, 0.1) is 23.2 Å². The summed E-state index contributed by atoms with van der Waals surface area (Å²) >= 11 is 6.06. The standard InChI is InChI=1S/C28H25ClFN5O2/c29-19-7-9-20(10-8-19)31-27-26-22(16-18(17-24(26)36)25-6-3-15-37-25)32-28(33-27)35-13-11-34(12-14-35)23-5-2-1-4-21(23)30/h1-10,15,18H,11-14,16-17H2,(H,31,32,33). The number of ketones is 1. The molecule has 1 N–H and O–H groups in total. The molecule has 4 aromatic rings. The van der Waals surface area contributed by atoms with Crippen LogP contribution in [0.15, 0.2) is 71.3 Å². The van der Waals surface area contributed by atoms with Gasteiger partial charge in [0.2, 0.25) is 5.95 Å². The minimum atomic E-state index is -0.224. The number of halogens is 2. The van der Waals surface area contributed by atoms with E-state index in [2.05, 4.69) is 10.2 Å². The van der Waals surface area contributed by atoms with Crippen molar-refractivity contribution in [1.82, 2.24) is 9.97 Å². The molecular weight excluding hydrogens is 493 g/mol. The second kappa shape index (κ2) is 9.86. The van der Waals surface area contributed by atoms with Crippen LogP contribution in [0.1, 0.15) is 34.2 Å². The quantitative estimate of drug-likeness (QED) is 0.356. The largest absolute Gasteiger partial charge is 0.469 e. The van der Waals surface area contributed by atoms with E-state index in [4.69, 9.17) is 26.0 Å². The number of piperazine rings is 1. The molecule has 7 nitrogen and oxygen atoms in total. The summed E-state index contributed by atoms with van der Waals surface area (Å²) in [5, 5.41) is 3.95. The van der Waals surface area contributed by atoms with Crippen molar-refractivity contribution in [3.63, 3.8) is 0 Å². The van der Waals surface area contributed by atoms with Crippen LogP contribution in [0.25, 0.3) is 0 Å². The lowest BCUT2D eigenvalue weighted by molar-refractivity contribution is 0.0959. The van der Waals surface area contributed by atoms with Gasteiger partial charge in [-0.2, -0.15) is 4.98 Å². The van der Waals surface area contributed by atoms with Gasteiger partial charge in [0.1, 0.15) is 17.4 Å². The zero-order chi connectivity index (χ0) is 25.4. The molecule has 6 rings (SSSR count). The maximum absolute atomic E-state index is 14.3. The number of carbonyl (C=O) groups excluding carboxylic acids is 1. The van der Waals surface area contributed by atoms with Gasteiger partial charge in [-0.1, -0.05) is 23.7 Å². The van der Waals surface area contributed by atoms with E-state index in [-0.39, 0.29) is 17.5 Å². The maximum atomic E-state index is 14.3. The van der Waals surface area contributed by atoms with Gasteiger partial charge in [-0.15, -0.1) is 0 Å². The number of anilines is 4. The summed E-state index contributed by atoms with van der Waals surface area (Å²) in [5.41, 5.74) is 2.61. The summed E-state index contributed by atoms with van der Waals surface area (Å²) in [7, 11) is 0. The first-order valence-corrected chi connectivity index (χ1v) is 12.7. The average Bonchev–Trinajstić information content (AvgIpc) is 3.45. The van der Waals surface area contributed by atoms with Crippen molar-refractivity contribution in [1.29, 1.82) is 0 Å². The highest BCUT2D eigenvalue weighted by molar-refractivity contribution is 6.30. The first kappa shape index (κ1) is 23.5. The van der Waals surface area contributed by atoms with Crippen LogP contribution >= 0.6 is 11.6 Å². The predicted octanol–water partition coefficient (Wildman–Crippen LogP) is 5.85. The summed E-state index contributed by atoms with van der Waals surface area (Å²) in [6.07, 6.45) is 2.54. The van der Waals surface area contributed by atoms with Crippen LogP contribution in [-0.4, -0.2) is 41.9 Å². The second-order valence-corrected chi connectivity index (χ2v) is 9.73. The lowest BCUT2D eigenvalue weighted by Crippen LogP contribution is -2.47. The Kier molecular flexibility index (Phi) is 6.26. The third-order valence-electron chi connectivity index (χ3n) is 6.93. The second-order valence-electron chi connectivity index (χ2n) is 9.30. The van der Waals surface area contributed by atoms with Crippen LogP contribution in [0.3, 0.4) is 0 Å². The summed E-state index contributed by atoms with van der Waals surface area (Å²) in [5.74, 6) is 1.51. The molecule has 1 aliphatic heterocycles. The van der Waals surface area contributed by atoms with E-state index < -0.39 is 0 Å². The smallest absolute Gasteiger partial charge is 0.227 e. The summed E-state index contributed by atoms with van der Waals surface area (Å²) in [6.45, 7) is 2.52. The highest BCUT2D eigenvalue weighted by Crippen LogP contribution is 2.37. The van der Waals surface area contributed by atoms with E-state index in [0.29, 0.717) is 72.8 Å². The number of hydrogen-bond donors (Lipinski definition) is 1. The van der Waals surface area contributed by atoms with Gasteiger partial charge in [0, 0.05) is 55.6 Å². The van der Waals surface area contributed by atoms with E-state index in [0.717, 1.165) is 11.4 Å². The number of fused-ring (bicyclic) bond motifs is 1. The number of Topliss-reactive ketones (excluding diaryl/α,β-unsaturated/α-hetero) is 1. The molecule has 2 aromatic carbocycles. The fourth-order valence-electron chi connectivity index (χ4n) is 5.05. The minimum Gasteiger partial charge on any atom is -0.469 e. The summed E-state index contributed by atoms with van der Waals surface area (Å²) in [6, 6.07) is 17.8. The molecule has 1 atom stereocenters. The molecular formula is C28H25ClFN5O2. The van der Waals surface area contributed by atoms with E-state index in [1.165, 1.54) is 6.07 Å². The van der Waals surface area contributed by atoms with Gasteiger partial charge >= 0.3 is 0 Å². The van der Waals surface area contributed by atoms with Crippen LogP contribution in [0.2, 0.25) is 5.02 Å². The molecule has 188 valence electrons. The lowest BCUT2D eigenvalue weighted by atomic mass is 9.84. The molecule has 37 heavy (non-hydrogen) atoms. The van der Waals surface area contributed by atoms with Gasteiger partial charge in [0.15, 0.2) is 5.78 Å². The van der Waals surface area contributed by atoms with Crippen molar-refractivity contribution >= 4 is 40.5 Å². The van der Waals surface area contributed by atoms with Gasteiger partial charge in [-0.25, -0.2) is 9.37 Å². The topological polar surface area (TPSA) is 74.5 Å². The Morgan fingerprint density at radius 1 is 0.919 bits per heavy atom. The number of para-hydroxylation sites is 1. The number of carbonyl (C=O) groups is 1. The van der Waals surface area contributed by atoms with Gasteiger partial charge < -0.3 is 19.5 Å². The van der Waals surface area contributed by atoms with E-state index in [1.54, 1.807) is 30.5 Å². The molecule has 0 radical (unpaired) electrons. The van der Waals surface area contributed by atoms with E-state index in [1.807, 2.05) is 35.2 Å². The Bertz CT molecular complexity index is 1420. The summed E-state index contributed by atoms with van der Waals surface area (Å²) < 4.78 is 19.9. The normalized spacial score (nSPS) is 17.6. The number of aromatic nitrogens is 2. The SMILES string of the molecule is O=C1CC(c2ccco2)Cc2nc(N3CCN(c4ccccc4F)CC3)nc(Nc3ccc(Cl)cc3)c21. The zero-order valence-electron chi connectivity index (χ0n) is 20.0. The molecule has 0 saturated carbocycles. The molecule has 1 fully saturated rings. The van der Waals surface area contributed by atoms with E-state index in [9.17, 15) is 9.18 Å². The Balaban J connectivity index is 1.32. The number of benzene rings is 2. The molecule has 1 saturated heterocycles. The van der Waals surface area contributed by atoms with Crippen LogP contribution in [-0.2, 0) is 6.42 Å². The van der Waals surface area contributed by atoms with Crippen LogP contribution in [0, 0.1) is 5.82 Å². The fourth-order valence-corrected chi connectivity index (χ4v) is 5.17. The number of nitrogens with zero attached hydrogens (tertiary/aromatic N) is 4. The van der Waals surface area contributed by atoms with Crippen molar-refractivity contribution in [2.75, 3.05) is 41.3 Å². The molecule has 2 aliphatic rings. The third kappa shape index (κ3) is 4.76. The highest BCUT2D eigenvalue weighted by Gasteiger charge is 2.33. The Labute approximate surface area is 218 Å². The van der Waals surface area contributed by atoms with Crippen LogP contribution in [0.5, 0.6) is 0 Å². The van der Waals surface area contributed by atoms with Crippen molar-refractivity contribution in [3.8, 4) is 0 Å². The molecule has 0 spiro atoms. The van der Waals surface area contributed by atoms with Gasteiger partial charge in [0.25, 0.3) is 0 Å². The number of hydrogen-bond acceptors (Lipinski definition) is 7. The predicted molar refractivity (Wildman–Crippen MR) is 142 cm³/mol. The molecule has 1 unspecified atom stereocenters. The Morgan fingerprint density at radius 2 is 1.68 bits per heavy atom. The Hall–Kier alpha value is -3.91. The Morgan fingerprint density at radius 3 is 2.41 bits per heavy atom. The van der Waals surface area contributed by atoms with Crippen molar-refractivity contribution in [3.05, 3.63) is 94.8 Å². The van der Waals surface area contributed by atoms with Crippen molar-refractivity contribution in [2.45, 2.75) is 18.8 Å². The molecule has 2 aromatic heterocycles. The van der Waals surface area contributed by atoms with Crippen LogP contribution < -0.4 is 15.1 Å². The zero-order valence-corrected chi connectivity index (χ0v) is 20.8. The fraction of sp³-hybridized carbons (Fsp3) is 0.250. The van der Waals surface area contributed by atoms with Gasteiger partial charge in [-0.3, -0.25) is 4.79 Å². The molecule has 0 bridgehead atoms. The lowest BCUT2D eigenvalue weighted by Gasteiger charge is -2.36. The molecule has 3 heterocycles. The first-order valence-electron chi connectivity index (χ1n) is 12.3. The van der Waals surface area contributed by atoms with Gasteiger partial charge in [-0.05, 0) is 48.5 Å².